The Hall–Kier alpha value is -0.550. The van der Waals surface area contributed by atoms with E-state index in [4.69, 9.17) is 5.26 Å². The van der Waals surface area contributed by atoms with Crippen molar-refractivity contribution in [2.24, 2.45) is 0 Å². The van der Waals surface area contributed by atoms with Crippen molar-refractivity contribution in [2.75, 3.05) is 0 Å². The van der Waals surface area contributed by atoms with Crippen LogP contribution in [-0.4, -0.2) is 4.83 Å². The van der Waals surface area contributed by atoms with Crippen molar-refractivity contribution in [2.45, 2.75) is 11.2 Å². The van der Waals surface area contributed by atoms with E-state index in [2.05, 4.69) is 22.0 Å². The molecule has 0 N–H and O–H groups in total. The Labute approximate surface area is 62.8 Å². The highest BCUT2D eigenvalue weighted by atomic mass is 79.9. The third kappa shape index (κ3) is 1.69. The van der Waals surface area contributed by atoms with Gasteiger partial charge in [-0.3, -0.25) is 0 Å². The molecule has 0 radical (unpaired) electrons. The van der Waals surface area contributed by atoms with E-state index in [9.17, 15) is 0 Å². The Morgan fingerprint density at radius 3 is 3.00 bits per heavy atom. The van der Waals surface area contributed by atoms with Crippen LogP contribution in [-0.2, 0) is 0 Å². The van der Waals surface area contributed by atoms with E-state index >= 15 is 0 Å². The molecule has 1 unspecified atom stereocenters. The summed E-state index contributed by atoms with van der Waals surface area (Å²) in [6, 6.07) is 2.11. The molecule has 0 spiro atoms. The van der Waals surface area contributed by atoms with Crippen molar-refractivity contribution in [3.05, 3.63) is 23.8 Å². The number of halogens is 1. The fourth-order valence-electron chi connectivity index (χ4n) is 0.721. The van der Waals surface area contributed by atoms with Crippen LogP contribution in [0, 0.1) is 11.3 Å². The molecule has 2 heteroatoms. The summed E-state index contributed by atoms with van der Waals surface area (Å²) in [5.74, 6) is 0. The van der Waals surface area contributed by atoms with Crippen molar-refractivity contribution >= 4 is 15.9 Å². The second-order valence-electron chi connectivity index (χ2n) is 1.91. The summed E-state index contributed by atoms with van der Waals surface area (Å²) in [7, 11) is 0. The smallest absolute Gasteiger partial charge is 0.0947 e. The Morgan fingerprint density at radius 2 is 2.56 bits per heavy atom. The van der Waals surface area contributed by atoms with Gasteiger partial charge in [-0.2, -0.15) is 5.26 Å². The predicted octanol–water partition coefficient (Wildman–Crippen LogP) is 2.16. The zero-order valence-electron chi connectivity index (χ0n) is 4.84. The Morgan fingerprint density at radius 1 is 1.78 bits per heavy atom. The maximum Gasteiger partial charge on any atom is 0.0947 e. The third-order valence-corrected chi connectivity index (χ3v) is 1.80. The molecule has 1 aliphatic rings. The standard InChI is InChI=1S/C7H6BrN/c8-7-3-1-2-6(4-7)5-9/h1-3,7H,4H2. The average Bonchev–Trinajstić information content (AvgIpc) is 1.88. The van der Waals surface area contributed by atoms with Gasteiger partial charge < -0.3 is 0 Å². The van der Waals surface area contributed by atoms with Gasteiger partial charge in [0.2, 0.25) is 0 Å². The highest BCUT2D eigenvalue weighted by Crippen LogP contribution is 2.17. The molecule has 0 bridgehead atoms. The fourth-order valence-corrected chi connectivity index (χ4v) is 1.25. The predicted molar refractivity (Wildman–Crippen MR) is 40.2 cm³/mol. The number of hydrogen-bond acceptors (Lipinski definition) is 1. The van der Waals surface area contributed by atoms with Crippen LogP contribution in [0.1, 0.15) is 6.42 Å². The molecular weight excluding hydrogens is 178 g/mol. The molecule has 9 heavy (non-hydrogen) atoms. The molecule has 1 aliphatic carbocycles. The van der Waals surface area contributed by atoms with E-state index in [-0.39, 0.29) is 0 Å². The van der Waals surface area contributed by atoms with Gasteiger partial charge in [0, 0.05) is 10.4 Å². The molecule has 0 aromatic carbocycles. The molecule has 0 aromatic rings. The summed E-state index contributed by atoms with van der Waals surface area (Å²) in [5, 5.41) is 8.44. The van der Waals surface area contributed by atoms with Crippen molar-refractivity contribution in [1.82, 2.24) is 0 Å². The van der Waals surface area contributed by atoms with Crippen molar-refractivity contribution < 1.29 is 0 Å². The number of allylic oxidation sites excluding steroid dienone is 4. The van der Waals surface area contributed by atoms with E-state index in [1.165, 1.54) is 0 Å². The molecule has 0 aromatic heterocycles. The molecule has 1 rings (SSSR count). The first kappa shape index (κ1) is 6.57. The van der Waals surface area contributed by atoms with Gasteiger partial charge >= 0.3 is 0 Å². The van der Waals surface area contributed by atoms with E-state index in [1.54, 1.807) is 0 Å². The van der Waals surface area contributed by atoms with Crippen LogP contribution in [0.5, 0.6) is 0 Å². The molecule has 0 heterocycles. The summed E-state index contributed by atoms with van der Waals surface area (Å²) in [6.07, 6.45) is 6.60. The van der Waals surface area contributed by atoms with Gasteiger partial charge in [0.05, 0.1) is 6.07 Å². The van der Waals surface area contributed by atoms with Crippen molar-refractivity contribution in [3.63, 3.8) is 0 Å². The molecule has 0 aliphatic heterocycles. The lowest BCUT2D eigenvalue weighted by Crippen LogP contribution is -1.97. The van der Waals surface area contributed by atoms with Crippen molar-refractivity contribution in [1.29, 1.82) is 5.26 Å². The maximum absolute atomic E-state index is 8.44. The zero-order chi connectivity index (χ0) is 6.69. The molecule has 0 saturated heterocycles. The third-order valence-electron chi connectivity index (χ3n) is 1.18. The maximum atomic E-state index is 8.44. The van der Waals surface area contributed by atoms with Crippen LogP contribution >= 0.6 is 15.9 Å². The Bertz CT molecular complexity index is 197. The SMILES string of the molecule is N#CC1=CC=CC(Br)C1. The molecule has 1 nitrogen and oxygen atoms in total. The highest BCUT2D eigenvalue weighted by molar-refractivity contribution is 9.09. The van der Waals surface area contributed by atoms with E-state index < -0.39 is 0 Å². The largest absolute Gasteiger partial charge is 0.193 e. The molecule has 46 valence electrons. The summed E-state index contributed by atoms with van der Waals surface area (Å²) >= 11 is 3.39. The van der Waals surface area contributed by atoms with E-state index in [0.717, 1.165) is 12.0 Å². The lowest BCUT2D eigenvalue weighted by Gasteiger charge is -2.05. The zero-order valence-corrected chi connectivity index (χ0v) is 6.43. The van der Waals surface area contributed by atoms with Gasteiger partial charge in [0.1, 0.15) is 0 Å². The molecule has 1 atom stereocenters. The quantitative estimate of drug-likeness (QED) is 0.529. The number of rotatable bonds is 0. The van der Waals surface area contributed by atoms with Crippen LogP contribution in [0.3, 0.4) is 0 Å². The highest BCUT2D eigenvalue weighted by Gasteiger charge is 2.05. The summed E-state index contributed by atoms with van der Waals surface area (Å²) in [6.45, 7) is 0. The minimum Gasteiger partial charge on any atom is -0.193 e. The Kier molecular flexibility index (Phi) is 2.07. The van der Waals surface area contributed by atoms with Gasteiger partial charge in [-0.25, -0.2) is 0 Å². The second-order valence-corrected chi connectivity index (χ2v) is 3.08. The summed E-state index contributed by atoms with van der Waals surface area (Å²) in [4.78, 5) is 0.358. The number of hydrogen-bond donors (Lipinski definition) is 0. The van der Waals surface area contributed by atoms with Gasteiger partial charge in [0.15, 0.2) is 0 Å². The first-order chi connectivity index (χ1) is 4.33. The Balaban J connectivity index is 2.69. The van der Waals surface area contributed by atoms with E-state index in [0.29, 0.717) is 4.83 Å². The van der Waals surface area contributed by atoms with Gasteiger partial charge in [-0.15, -0.1) is 0 Å². The van der Waals surface area contributed by atoms with Crippen LogP contribution in [0.15, 0.2) is 23.8 Å². The molecular formula is C7H6BrN. The van der Waals surface area contributed by atoms with E-state index in [1.807, 2.05) is 18.2 Å². The minimum atomic E-state index is 0.358. The lowest BCUT2D eigenvalue weighted by molar-refractivity contribution is 1.03. The summed E-state index contributed by atoms with van der Waals surface area (Å²) < 4.78 is 0. The lowest BCUT2D eigenvalue weighted by atomic mass is 10.1. The normalized spacial score (nSPS) is 24.9. The molecule has 0 saturated carbocycles. The second kappa shape index (κ2) is 2.84. The number of alkyl halides is 1. The molecule has 0 amide bonds. The first-order valence-electron chi connectivity index (χ1n) is 2.74. The van der Waals surface area contributed by atoms with Crippen LogP contribution in [0.4, 0.5) is 0 Å². The monoisotopic (exact) mass is 183 g/mol. The first-order valence-corrected chi connectivity index (χ1v) is 3.66. The van der Waals surface area contributed by atoms with Gasteiger partial charge in [-0.05, 0) is 12.5 Å². The van der Waals surface area contributed by atoms with Crippen LogP contribution < -0.4 is 0 Å². The van der Waals surface area contributed by atoms with Crippen LogP contribution in [0.2, 0.25) is 0 Å². The molecule has 0 fully saturated rings. The van der Waals surface area contributed by atoms with Gasteiger partial charge in [-0.1, -0.05) is 28.1 Å². The number of nitrogens with zero attached hydrogens (tertiary/aromatic N) is 1. The fraction of sp³-hybridized carbons (Fsp3) is 0.286. The summed E-state index contributed by atoms with van der Waals surface area (Å²) in [5.41, 5.74) is 0.847. The van der Waals surface area contributed by atoms with Crippen LogP contribution in [0.25, 0.3) is 0 Å². The topological polar surface area (TPSA) is 23.8 Å². The minimum absolute atomic E-state index is 0.358. The van der Waals surface area contributed by atoms with Crippen molar-refractivity contribution in [3.8, 4) is 6.07 Å². The van der Waals surface area contributed by atoms with Gasteiger partial charge in [0.25, 0.3) is 0 Å². The average molecular weight is 184 g/mol. The number of nitriles is 1.